The summed E-state index contributed by atoms with van der Waals surface area (Å²) in [5, 5.41) is 9.97. The number of carbonyl (C=O) groups excluding carboxylic acids is 2. The molecule has 0 bridgehead atoms. The molecule has 2 aromatic carbocycles. The average molecular weight is 530 g/mol. The standard InChI is InChI=1S/C29H27N3O3S2/c1-19-26(28(34)35-2)27(22-13-14-36-17-22)32-23(18-37-29(32)30-19)16-25(33)31-24(21-11-7-4-8-12-21)15-20-9-5-3-6-10-20/h3-14,17-18,24,27H,15-16H2,1-2H3,(H,31,33)/t24-,27+/m1/s1. The molecular formula is C29H27N3O3S2. The maximum Gasteiger partial charge on any atom is 0.338 e. The second-order valence-corrected chi connectivity index (χ2v) is 10.5. The number of benzene rings is 2. The van der Waals surface area contributed by atoms with Crippen molar-refractivity contribution in [2.45, 2.75) is 31.8 Å². The van der Waals surface area contributed by atoms with Gasteiger partial charge in [-0.05, 0) is 52.3 Å². The summed E-state index contributed by atoms with van der Waals surface area (Å²) in [5.41, 5.74) is 5.10. The van der Waals surface area contributed by atoms with Gasteiger partial charge < -0.3 is 15.0 Å². The summed E-state index contributed by atoms with van der Waals surface area (Å²) in [6.07, 6.45) is 0.852. The van der Waals surface area contributed by atoms with Gasteiger partial charge in [-0.1, -0.05) is 72.4 Å². The Balaban J connectivity index is 1.39. The second kappa shape index (κ2) is 11.2. The molecule has 0 radical (unpaired) electrons. The third kappa shape index (κ3) is 5.40. The number of carbonyl (C=O) groups is 2. The fourth-order valence-electron chi connectivity index (χ4n) is 4.68. The molecule has 2 aliphatic heterocycles. The van der Waals surface area contributed by atoms with Crippen molar-refractivity contribution < 1.29 is 14.3 Å². The number of ether oxygens (including phenoxy) is 1. The fraction of sp³-hybridized carbons (Fsp3) is 0.207. The minimum Gasteiger partial charge on any atom is -0.466 e. The quantitative estimate of drug-likeness (QED) is 0.363. The van der Waals surface area contributed by atoms with Crippen LogP contribution in [-0.2, 0) is 20.7 Å². The number of nitrogens with one attached hydrogen (secondary N) is 1. The van der Waals surface area contributed by atoms with Gasteiger partial charge in [-0.25, -0.2) is 9.79 Å². The Hall–Kier alpha value is -3.62. The number of thioether (sulfide) groups is 1. The first-order chi connectivity index (χ1) is 18.0. The van der Waals surface area contributed by atoms with Crippen LogP contribution < -0.4 is 5.32 Å². The molecule has 2 atom stereocenters. The van der Waals surface area contributed by atoms with Crippen molar-refractivity contribution in [1.82, 2.24) is 10.2 Å². The molecule has 8 heteroatoms. The average Bonchev–Trinajstić information content (AvgIpc) is 3.59. The van der Waals surface area contributed by atoms with E-state index in [0.717, 1.165) is 27.6 Å². The van der Waals surface area contributed by atoms with Gasteiger partial charge in [0.25, 0.3) is 0 Å². The van der Waals surface area contributed by atoms with Crippen LogP contribution in [0.1, 0.15) is 42.1 Å². The zero-order chi connectivity index (χ0) is 25.8. The van der Waals surface area contributed by atoms with Crippen LogP contribution in [0.3, 0.4) is 0 Å². The number of methoxy groups -OCH3 is 1. The number of esters is 1. The number of rotatable bonds is 8. The number of aliphatic imine (C=N–C) groups is 1. The lowest BCUT2D eigenvalue weighted by Gasteiger charge is -2.35. The van der Waals surface area contributed by atoms with Gasteiger partial charge in [0.05, 0.1) is 36.9 Å². The summed E-state index contributed by atoms with van der Waals surface area (Å²) in [7, 11) is 1.38. The molecule has 188 valence electrons. The molecule has 0 aliphatic carbocycles. The Labute approximate surface area is 224 Å². The number of amides is 1. The van der Waals surface area contributed by atoms with E-state index in [-0.39, 0.29) is 18.4 Å². The number of fused-ring (bicyclic) bond motifs is 1. The normalized spacial score (nSPS) is 17.6. The van der Waals surface area contributed by atoms with E-state index in [1.165, 1.54) is 18.9 Å². The minimum atomic E-state index is -0.413. The van der Waals surface area contributed by atoms with Crippen LogP contribution in [-0.4, -0.2) is 29.1 Å². The summed E-state index contributed by atoms with van der Waals surface area (Å²) < 4.78 is 5.12. The maximum atomic E-state index is 13.4. The number of allylic oxidation sites excluding steroid dienone is 1. The number of amidine groups is 1. The summed E-state index contributed by atoms with van der Waals surface area (Å²) >= 11 is 3.04. The lowest BCUT2D eigenvalue weighted by molar-refractivity contribution is -0.136. The van der Waals surface area contributed by atoms with Gasteiger partial charge in [0, 0.05) is 5.70 Å². The summed E-state index contributed by atoms with van der Waals surface area (Å²) in [5.74, 6) is -0.503. The van der Waals surface area contributed by atoms with Crippen molar-refractivity contribution in [3.8, 4) is 0 Å². The van der Waals surface area contributed by atoms with Gasteiger partial charge in [-0.3, -0.25) is 4.79 Å². The molecule has 1 amide bonds. The molecule has 37 heavy (non-hydrogen) atoms. The van der Waals surface area contributed by atoms with Crippen LogP contribution in [0.2, 0.25) is 0 Å². The van der Waals surface area contributed by atoms with Gasteiger partial charge in [0.2, 0.25) is 5.91 Å². The minimum absolute atomic E-state index is 0.0900. The Kier molecular flexibility index (Phi) is 7.58. The maximum absolute atomic E-state index is 13.4. The van der Waals surface area contributed by atoms with Gasteiger partial charge in [-0.15, -0.1) is 0 Å². The number of hydrogen-bond acceptors (Lipinski definition) is 7. The van der Waals surface area contributed by atoms with Crippen molar-refractivity contribution in [3.05, 3.63) is 117 Å². The number of hydrogen-bond donors (Lipinski definition) is 1. The Morgan fingerprint density at radius 3 is 2.49 bits per heavy atom. The second-order valence-electron chi connectivity index (χ2n) is 8.84. The van der Waals surface area contributed by atoms with E-state index in [1.807, 2.05) is 82.6 Å². The Bertz CT molecular complexity index is 1370. The van der Waals surface area contributed by atoms with E-state index in [4.69, 9.17) is 4.74 Å². The zero-order valence-electron chi connectivity index (χ0n) is 20.6. The van der Waals surface area contributed by atoms with Gasteiger partial charge in [-0.2, -0.15) is 11.3 Å². The molecule has 1 N–H and O–H groups in total. The molecule has 2 aliphatic rings. The van der Waals surface area contributed by atoms with Crippen LogP contribution in [0, 0.1) is 0 Å². The summed E-state index contributed by atoms with van der Waals surface area (Å²) in [6, 6.07) is 21.6. The monoisotopic (exact) mass is 529 g/mol. The fourth-order valence-corrected chi connectivity index (χ4v) is 6.33. The van der Waals surface area contributed by atoms with E-state index in [2.05, 4.69) is 22.4 Å². The molecule has 3 aromatic rings. The van der Waals surface area contributed by atoms with E-state index in [9.17, 15) is 9.59 Å². The summed E-state index contributed by atoms with van der Waals surface area (Å²) in [6.45, 7) is 1.83. The van der Waals surface area contributed by atoms with Gasteiger partial charge >= 0.3 is 5.97 Å². The smallest absolute Gasteiger partial charge is 0.338 e. The Morgan fingerprint density at radius 2 is 1.81 bits per heavy atom. The highest BCUT2D eigenvalue weighted by atomic mass is 32.2. The van der Waals surface area contributed by atoms with Gasteiger partial charge in [0.1, 0.15) is 0 Å². The molecule has 0 saturated carbocycles. The van der Waals surface area contributed by atoms with Crippen LogP contribution in [0.15, 0.2) is 105 Å². The molecule has 3 heterocycles. The number of thiophene rings is 1. The first-order valence-corrected chi connectivity index (χ1v) is 13.8. The molecule has 0 unspecified atom stereocenters. The molecule has 1 aromatic heterocycles. The molecular weight excluding hydrogens is 502 g/mol. The third-order valence-electron chi connectivity index (χ3n) is 6.43. The summed E-state index contributed by atoms with van der Waals surface area (Å²) in [4.78, 5) is 32.9. The molecule has 6 nitrogen and oxygen atoms in total. The lowest BCUT2D eigenvalue weighted by atomic mass is 9.95. The van der Waals surface area contributed by atoms with Crippen molar-refractivity contribution in [2.75, 3.05) is 7.11 Å². The first-order valence-electron chi connectivity index (χ1n) is 12.0. The van der Waals surface area contributed by atoms with E-state index >= 15 is 0 Å². The topological polar surface area (TPSA) is 71.0 Å². The highest BCUT2D eigenvalue weighted by Gasteiger charge is 2.41. The van der Waals surface area contributed by atoms with Crippen LogP contribution in [0.25, 0.3) is 0 Å². The van der Waals surface area contributed by atoms with Crippen LogP contribution in [0.4, 0.5) is 0 Å². The van der Waals surface area contributed by atoms with Crippen molar-refractivity contribution in [2.24, 2.45) is 4.99 Å². The number of nitrogens with zero attached hydrogens (tertiary/aromatic N) is 2. The zero-order valence-corrected chi connectivity index (χ0v) is 22.2. The first kappa shape index (κ1) is 25.0. The lowest BCUT2D eigenvalue weighted by Crippen LogP contribution is -2.38. The van der Waals surface area contributed by atoms with E-state index in [1.54, 1.807) is 11.3 Å². The third-order valence-corrected chi connectivity index (χ3v) is 8.02. The predicted octanol–water partition coefficient (Wildman–Crippen LogP) is 5.99. The predicted molar refractivity (Wildman–Crippen MR) is 149 cm³/mol. The largest absolute Gasteiger partial charge is 0.466 e. The molecule has 5 rings (SSSR count). The van der Waals surface area contributed by atoms with Gasteiger partial charge in [0.15, 0.2) is 5.17 Å². The van der Waals surface area contributed by atoms with Crippen molar-refractivity contribution >= 4 is 40.1 Å². The SMILES string of the molecule is COC(=O)C1=C(C)N=C2SC=C(CC(=O)N[C@H](Cc3ccccc3)c3ccccc3)N2[C@H]1c1ccsc1. The van der Waals surface area contributed by atoms with Crippen LogP contribution >= 0.6 is 23.1 Å². The van der Waals surface area contributed by atoms with E-state index in [0.29, 0.717) is 17.7 Å². The van der Waals surface area contributed by atoms with Crippen LogP contribution in [0.5, 0.6) is 0 Å². The molecule has 0 saturated heterocycles. The van der Waals surface area contributed by atoms with E-state index < -0.39 is 12.0 Å². The van der Waals surface area contributed by atoms with Crippen molar-refractivity contribution in [3.63, 3.8) is 0 Å². The molecule has 0 spiro atoms. The van der Waals surface area contributed by atoms with Crippen molar-refractivity contribution in [1.29, 1.82) is 0 Å². The molecule has 0 fully saturated rings. The Morgan fingerprint density at radius 1 is 1.08 bits per heavy atom. The highest BCUT2D eigenvalue weighted by molar-refractivity contribution is 8.16. The highest BCUT2D eigenvalue weighted by Crippen LogP contribution is 2.45.